The Kier molecular flexibility index (Phi) is 7.17. The van der Waals surface area contributed by atoms with Crippen LogP contribution in [0.2, 0.25) is 0 Å². The Bertz CT molecular complexity index is 1610. The normalized spacial score (nSPS) is 15.9. The molecule has 210 valence electrons. The van der Waals surface area contributed by atoms with E-state index in [0.29, 0.717) is 5.95 Å². The van der Waals surface area contributed by atoms with Crippen molar-refractivity contribution in [3.05, 3.63) is 59.7 Å². The number of fused-ring (bicyclic) bond motifs is 3. The summed E-state index contributed by atoms with van der Waals surface area (Å²) in [6.45, 7) is 3.14. The van der Waals surface area contributed by atoms with Crippen LogP contribution < -0.4 is 5.32 Å². The van der Waals surface area contributed by atoms with E-state index in [0.717, 1.165) is 83.8 Å². The van der Waals surface area contributed by atoms with Crippen molar-refractivity contribution in [2.45, 2.75) is 44.6 Å². The molecule has 3 aromatic heterocycles. The van der Waals surface area contributed by atoms with Gasteiger partial charge in [-0.3, -0.25) is 19.2 Å². The molecule has 11 nitrogen and oxygen atoms in total. The average Bonchev–Trinajstić information content (AvgIpc) is 3.60. The average molecular weight is 551 g/mol. The van der Waals surface area contributed by atoms with Crippen molar-refractivity contribution in [2.24, 2.45) is 12.0 Å². The van der Waals surface area contributed by atoms with E-state index in [2.05, 4.69) is 32.5 Å². The van der Waals surface area contributed by atoms with Crippen molar-refractivity contribution in [1.29, 1.82) is 5.41 Å². The van der Waals surface area contributed by atoms with Crippen LogP contribution in [-0.2, 0) is 24.7 Å². The fraction of sp³-hybridized carbons (Fsp3) is 0.367. The van der Waals surface area contributed by atoms with Crippen LogP contribution in [0.4, 0.5) is 11.6 Å². The number of likely N-dealkylation sites (tertiary alicyclic amines) is 1. The summed E-state index contributed by atoms with van der Waals surface area (Å²) in [6.07, 6.45) is 12.3. The Morgan fingerprint density at radius 2 is 1.95 bits per heavy atom. The highest BCUT2D eigenvalue weighted by Gasteiger charge is 2.27. The summed E-state index contributed by atoms with van der Waals surface area (Å²) in [5, 5.41) is 20.5. The predicted octanol–water partition coefficient (Wildman–Crippen LogP) is 4.20. The molecular formula is C30H34N10O. The van der Waals surface area contributed by atoms with E-state index >= 15 is 0 Å². The van der Waals surface area contributed by atoms with E-state index in [4.69, 9.17) is 15.5 Å². The third kappa shape index (κ3) is 5.15. The number of anilines is 2. The van der Waals surface area contributed by atoms with E-state index in [-0.39, 0.29) is 17.9 Å². The Morgan fingerprint density at radius 3 is 2.66 bits per heavy atom. The molecule has 2 aliphatic rings. The second-order valence-corrected chi connectivity index (χ2v) is 10.7. The molecule has 6 rings (SSSR count). The molecule has 4 heterocycles. The van der Waals surface area contributed by atoms with E-state index < -0.39 is 0 Å². The van der Waals surface area contributed by atoms with E-state index in [1.165, 1.54) is 6.21 Å². The summed E-state index contributed by atoms with van der Waals surface area (Å²) in [6, 6.07) is 8.52. The van der Waals surface area contributed by atoms with Crippen molar-refractivity contribution >= 4 is 30.0 Å². The second-order valence-electron chi connectivity index (χ2n) is 10.7. The molecule has 1 unspecified atom stereocenters. The van der Waals surface area contributed by atoms with Gasteiger partial charge in [-0.1, -0.05) is 24.3 Å². The standard InChI is InChI=1S/C30H34N10O/c1-19(41)39-12-10-25(11-13-39)40-18-24(17-34-40)35-30-33-16-22-8-9-26-27(28(22)36-30)29(38(3)37-26)21-6-4-20(5-7-21)23(14-31)15-32-2/h4-7,14-18,23,25,31H,8-13H2,1-3H3,(H,33,35,36). The van der Waals surface area contributed by atoms with Crippen LogP contribution in [0.5, 0.6) is 0 Å². The van der Waals surface area contributed by atoms with Gasteiger partial charge in [0.2, 0.25) is 11.9 Å². The number of amides is 1. The van der Waals surface area contributed by atoms with Gasteiger partial charge in [0.05, 0.1) is 40.9 Å². The molecule has 1 saturated heterocycles. The van der Waals surface area contributed by atoms with Crippen molar-refractivity contribution in [2.75, 3.05) is 25.5 Å². The first-order valence-corrected chi connectivity index (χ1v) is 14.0. The van der Waals surface area contributed by atoms with Crippen molar-refractivity contribution < 1.29 is 4.79 Å². The molecule has 1 aliphatic carbocycles. The highest BCUT2D eigenvalue weighted by atomic mass is 16.2. The van der Waals surface area contributed by atoms with Gasteiger partial charge in [0.15, 0.2) is 0 Å². The Hall–Kier alpha value is -4.67. The molecule has 1 aliphatic heterocycles. The second kappa shape index (κ2) is 11.1. The van der Waals surface area contributed by atoms with E-state index in [1.807, 2.05) is 45.8 Å². The summed E-state index contributed by atoms with van der Waals surface area (Å²) in [5.41, 5.74) is 7.97. The van der Waals surface area contributed by atoms with Gasteiger partial charge in [-0.05, 0) is 36.8 Å². The maximum atomic E-state index is 11.7. The number of rotatable bonds is 7. The lowest BCUT2D eigenvalue weighted by atomic mass is 9.91. The zero-order valence-electron chi connectivity index (χ0n) is 23.6. The van der Waals surface area contributed by atoms with Crippen LogP contribution in [-0.4, -0.2) is 72.9 Å². The lowest BCUT2D eigenvalue weighted by molar-refractivity contribution is -0.130. The number of benzene rings is 1. The summed E-state index contributed by atoms with van der Waals surface area (Å²) in [4.78, 5) is 27.2. The number of carbonyl (C=O) groups excluding carboxylic acids is 1. The van der Waals surface area contributed by atoms with E-state index in [9.17, 15) is 4.79 Å². The molecule has 0 saturated carbocycles. The number of aliphatic imine (C=N–C) groups is 1. The zero-order chi connectivity index (χ0) is 28.5. The molecule has 0 bridgehead atoms. The molecule has 0 spiro atoms. The first kappa shape index (κ1) is 26.5. The minimum Gasteiger partial charge on any atom is -0.343 e. The third-order valence-corrected chi connectivity index (χ3v) is 8.05. The number of piperidine rings is 1. The van der Waals surface area contributed by atoms with Gasteiger partial charge in [0, 0.05) is 70.1 Å². The first-order chi connectivity index (χ1) is 19.9. The number of nitrogens with one attached hydrogen (secondary N) is 2. The molecule has 2 N–H and O–H groups in total. The Morgan fingerprint density at radius 1 is 1.17 bits per heavy atom. The van der Waals surface area contributed by atoms with Gasteiger partial charge in [0.1, 0.15) is 0 Å². The Labute approximate surface area is 238 Å². The van der Waals surface area contributed by atoms with Crippen LogP contribution >= 0.6 is 0 Å². The van der Waals surface area contributed by atoms with Crippen LogP contribution in [0.1, 0.15) is 48.5 Å². The largest absolute Gasteiger partial charge is 0.343 e. The van der Waals surface area contributed by atoms with Gasteiger partial charge in [-0.25, -0.2) is 9.97 Å². The predicted molar refractivity (Wildman–Crippen MR) is 159 cm³/mol. The molecule has 11 heteroatoms. The lowest BCUT2D eigenvalue weighted by Crippen LogP contribution is -2.37. The SMILES string of the molecule is CN=CC(C=N)c1ccc(-c2c3c(nn2C)CCc2cnc(Nc4cnn(C5CCN(C(C)=O)CC5)c4)nc2-3)cc1. The van der Waals surface area contributed by atoms with Crippen LogP contribution in [0, 0.1) is 5.41 Å². The minimum absolute atomic E-state index is 0.131. The van der Waals surface area contributed by atoms with Gasteiger partial charge < -0.3 is 15.6 Å². The van der Waals surface area contributed by atoms with Crippen molar-refractivity contribution in [3.8, 4) is 22.5 Å². The summed E-state index contributed by atoms with van der Waals surface area (Å²) in [5.74, 6) is 0.501. The number of nitrogens with zero attached hydrogens (tertiary/aromatic N) is 8. The summed E-state index contributed by atoms with van der Waals surface area (Å²) in [7, 11) is 3.70. The smallest absolute Gasteiger partial charge is 0.227 e. The fourth-order valence-corrected chi connectivity index (χ4v) is 5.88. The molecule has 1 amide bonds. The quantitative estimate of drug-likeness (QED) is 0.332. The third-order valence-electron chi connectivity index (χ3n) is 8.05. The molecule has 0 radical (unpaired) electrons. The molecule has 41 heavy (non-hydrogen) atoms. The van der Waals surface area contributed by atoms with Crippen LogP contribution in [0.25, 0.3) is 22.5 Å². The van der Waals surface area contributed by atoms with E-state index in [1.54, 1.807) is 26.4 Å². The molecule has 1 fully saturated rings. The van der Waals surface area contributed by atoms with Gasteiger partial charge >= 0.3 is 0 Å². The van der Waals surface area contributed by atoms with Crippen molar-refractivity contribution in [1.82, 2.24) is 34.4 Å². The summed E-state index contributed by atoms with van der Waals surface area (Å²) >= 11 is 0. The van der Waals surface area contributed by atoms with Crippen molar-refractivity contribution in [3.63, 3.8) is 0 Å². The number of aryl methyl sites for hydroxylation is 3. The van der Waals surface area contributed by atoms with Gasteiger partial charge in [-0.15, -0.1) is 0 Å². The van der Waals surface area contributed by atoms with Crippen LogP contribution in [0.15, 0.2) is 47.8 Å². The lowest BCUT2D eigenvalue weighted by Gasteiger charge is -2.31. The Balaban J connectivity index is 1.26. The molecule has 1 aromatic carbocycles. The zero-order valence-corrected chi connectivity index (χ0v) is 23.6. The number of hydrogen-bond donors (Lipinski definition) is 2. The molecule has 4 aromatic rings. The minimum atomic E-state index is -0.144. The summed E-state index contributed by atoms with van der Waals surface area (Å²) < 4.78 is 3.92. The number of aromatic nitrogens is 6. The monoisotopic (exact) mass is 550 g/mol. The maximum absolute atomic E-state index is 11.7. The highest BCUT2D eigenvalue weighted by Crippen LogP contribution is 2.40. The highest BCUT2D eigenvalue weighted by molar-refractivity contribution is 5.89. The first-order valence-electron chi connectivity index (χ1n) is 14.0. The number of carbonyl (C=O) groups is 1. The molecule has 1 atom stereocenters. The topological polar surface area (TPSA) is 130 Å². The fourth-order valence-electron chi connectivity index (χ4n) is 5.88. The van der Waals surface area contributed by atoms with Crippen LogP contribution in [0.3, 0.4) is 0 Å². The number of hydrogen-bond acceptors (Lipinski definition) is 8. The maximum Gasteiger partial charge on any atom is 0.227 e. The van der Waals surface area contributed by atoms with Gasteiger partial charge in [-0.2, -0.15) is 10.2 Å². The molecular weight excluding hydrogens is 516 g/mol. The van der Waals surface area contributed by atoms with Gasteiger partial charge in [0.25, 0.3) is 0 Å².